The number of rotatable bonds is 11. The fraction of sp³-hybridized carbons (Fsp3) is 0.250. The van der Waals surface area contributed by atoms with E-state index in [0.29, 0.717) is 30.2 Å². The number of carbonyl (C=O) groups is 3. The summed E-state index contributed by atoms with van der Waals surface area (Å²) in [5.74, 6) is -0.257. The zero-order valence-electron chi connectivity index (χ0n) is 20.5. The number of nitrogens with zero attached hydrogens (tertiary/aromatic N) is 1. The number of thiazole rings is 1. The number of sulfone groups is 1. The molecule has 202 valence electrons. The summed E-state index contributed by atoms with van der Waals surface area (Å²) < 4.78 is 23.6. The molecule has 0 unspecified atom stereocenters. The molecule has 0 saturated carbocycles. The van der Waals surface area contributed by atoms with Crippen molar-refractivity contribution >= 4 is 44.4 Å². The zero-order valence-corrected chi connectivity index (χ0v) is 22.1. The minimum atomic E-state index is -3.34. The summed E-state index contributed by atoms with van der Waals surface area (Å²) in [5, 5.41) is 27.6. The Morgan fingerprint density at radius 1 is 0.947 bits per heavy atom. The second-order valence-corrected chi connectivity index (χ2v) is 11.3. The van der Waals surface area contributed by atoms with E-state index < -0.39 is 28.3 Å². The minimum Gasteiger partial charge on any atom is -0.465 e. The lowest BCUT2D eigenvalue weighted by atomic mass is 10.0. The second kappa shape index (κ2) is 12.5. The topological polar surface area (TPSA) is 187 Å². The molecule has 3 aromatic rings. The molecule has 0 bridgehead atoms. The van der Waals surface area contributed by atoms with E-state index >= 15 is 0 Å². The Labute approximate surface area is 223 Å². The highest BCUT2D eigenvalue weighted by Crippen LogP contribution is 2.39. The lowest BCUT2D eigenvalue weighted by Crippen LogP contribution is -2.56. The minimum absolute atomic E-state index is 0.206. The number of carbonyl (C=O) groups excluding carboxylic acids is 1. The smallest absolute Gasteiger partial charge is 0.407 e. The van der Waals surface area contributed by atoms with Gasteiger partial charge in [-0.3, -0.25) is 20.7 Å². The molecule has 0 spiro atoms. The van der Waals surface area contributed by atoms with E-state index in [0.717, 1.165) is 27.8 Å². The van der Waals surface area contributed by atoms with Crippen LogP contribution in [-0.4, -0.2) is 60.8 Å². The molecule has 0 aliphatic rings. The SMILES string of the molecule is CC(=O)Nc1nc(-c2ccc(CCCNC(NC(=O)O)NC(=O)O)cc2)c(-c2ccc(S(C)(=O)=O)cc2)s1. The van der Waals surface area contributed by atoms with E-state index in [2.05, 4.69) is 15.6 Å². The molecule has 0 atom stereocenters. The quantitative estimate of drug-likeness (QED) is 0.151. The van der Waals surface area contributed by atoms with Crippen LogP contribution in [0.4, 0.5) is 14.7 Å². The fourth-order valence-electron chi connectivity index (χ4n) is 3.52. The normalized spacial score (nSPS) is 11.2. The Hall–Kier alpha value is -4.01. The fourth-order valence-corrected chi connectivity index (χ4v) is 5.19. The molecule has 0 aliphatic carbocycles. The predicted octanol–water partition coefficient (Wildman–Crippen LogP) is 3.18. The van der Waals surface area contributed by atoms with Crippen LogP contribution in [0.3, 0.4) is 0 Å². The van der Waals surface area contributed by atoms with Gasteiger partial charge in [0.25, 0.3) is 0 Å². The molecule has 2 aromatic carbocycles. The van der Waals surface area contributed by atoms with Gasteiger partial charge in [0.05, 0.1) is 15.5 Å². The lowest BCUT2D eigenvalue weighted by Gasteiger charge is -2.18. The van der Waals surface area contributed by atoms with Gasteiger partial charge in [0.2, 0.25) is 5.91 Å². The van der Waals surface area contributed by atoms with Crippen molar-refractivity contribution in [2.75, 3.05) is 18.1 Å². The van der Waals surface area contributed by atoms with Gasteiger partial charge >= 0.3 is 12.2 Å². The molecule has 0 aliphatic heterocycles. The number of benzene rings is 2. The zero-order chi connectivity index (χ0) is 27.9. The van der Waals surface area contributed by atoms with E-state index in [-0.39, 0.29) is 10.8 Å². The Morgan fingerprint density at radius 2 is 1.53 bits per heavy atom. The number of hydrogen-bond acceptors (Lipinski definition) is 8. The molecule has 14 heteroatoms. The van der Waals surface area contributed by atoms with Gasteiger partial charge in [0.15, 0.2) is 21.3 Å². The number of aryl methyl sites for hydroxylation is 1. The first-order chi connectivity index (χ1) is 17.9. The van der Waals surface area contributed by atoms with Gasteiger partial charge in [-0.25, -0.2) is 23.0 Å². The van der Waals surface area contributed by atoms with E-state index in [4.69, 9.17) is 10.2 Å². The van der Waals surface area contributed by atoms with Crippen LogP contribution < -0.4 is 21.3 Å². The summed E-state index contributed by atoms with van der Waals surface area (Å²) in [7, 11) is -3.34. The molecule has 6 N–H and O–H groups in total. The van der Waals surface area contributed by atoms with Gasteiger partial charge in [0, 0.05) is 18.7 Å². The number of anilines is 1. The van der Waals surface area contributed by atoms with Crippen molar-refractivity contribution < 1.29 is 33.0 Å². The van der Waals surface area contributed by atoms with Crippen LogP contribution in [0, 0.1) is 0 Å². The third-order valence-electron chi connectivity index (χ3n) is 5.21. The van der Waals surface area contributed by atoms with Crippen molar-refractivity contribution in [3.8, 4) is 21.7 Å². The van der Waals surface area contributed by atoms with Crippen LogP contribution in [0.25, 0.3) is 21.7 Å². The van der Waals surface area contributed by atoms with Crippen molar-refractivity contribution in [1.29, 1.82) is 0 Å². The number of hydrogen-bond donors (Lipinski definition) is 6. The molecule has 38 heavy (non-hydrogen) atoms. The van der Waals surface area contributed by atoms with Crippen LogP contribution in [0.5, 0.6) is 0 Å². The highest BCUT2D eigenvalue weighted by atomic mass is 32.2. The summed E-state index contributed by atoms with van der Waals surface area (Å²) in [4.78, 5) is 38.7. The van der Waals surface area contributed by atoms with Crippen LogP contribution in [0.2, 0.25) is 0 Å². The maximum absolute atomic E-state index is 11.8. The first kappa shape index (κ1) is 28.6. The van der Waals surface area contributed by atoms with Crippen molar-refractivity contribution in [2.45, 2.75) is 31.0 Å². The molecular weight excluding hydrogens is 534 g/mol. The largest absolute Gasteiger partial charge is 0.465 e. The molecule has 0 fully saturated rings. The van der Waals surface area contributed by atoms with Crippen LogP contribution >= 0.6 is 11.3 Å². The number of amides is 3. The maximum Gasteiger partial charge on any atom is 0.407 e. The Kier molecular flexibility index (Phi) is 9.39. The summed E-state index contributed by atoms with van der Waals surface area (Å²) in [6.45, 7) is 1.75. The average molecular weight is 562 g/mol. The second-order valence-electron chi connectivity index (χ2n) is 8.26. The van der Waals surface area contributed by atoms with Gasteiger partial charge in [0.1, 0.15) is 0 Å². The number of carboxylic acid groups (broad SMARTS) is 2. The molecule has 3 amide bonds. The highest BCUT2D eigenvalue weighted by molar-refractivity contribution is 7.90. The van der Waals surface area contributed by atoms with Crippen molar-refractivity contribution in [2.24, 2.45) is 0 Å². The summed E-state index contributed by atoms with van der Waals surface area (Å²) in [6, 6.07) is 14.1. The van der Waals surface area contributed by atoms with Gasteiger partial charge in [-0.1, -0.05) is 47.7 Å². The van der Waals surface area contributed by atoms with Crippen molar-refractivity contribution in [3.05, 3.63) is 54.1 Å². The summed E-state index contributed by atoms with van der Waals surface area (Å²) in [6.07, 6.45) is -1.44. The molecule has 3 rings (SSSR count). The van der Waals surface area contributed by atoms with Crippen molar-refractivity contribution in [1.82, 2.24) is 20.9 Å². The molecule has 1 heterocycles. The average Bonchev–Trinajstić information content (AvgIpc) is 3.24. The van der Waals surface area contributed by atoms with E-state index in [1.165, 1.54) is 30.4 Å². The predicted molar refractivity (Wildman–Crippen MR) is 143 cm³/mol. The van der Waals surface area contributed by atoms with Crippen LogP contribution in [0.15, 0.2) is 53.4 Å². The van der Waals surface area contributed by atoms with Crippen molar-refractivity contribution in [3.63, 3.8) is 0 Å². The van der Waals surface area contributed by atoms with Crippen LogP contribution in [-0.2, 0) is 21.1 Å². The van der Waals surface area contributed by atoms with Gasteiger partial charge in [-0.05, 0) is 42.6 Å². The Balaban J connectivity index is 1.74. The van der Waals surface area contributed by atoms with Gasteiger partial charge in [-0.15, -0.1) is 0 Å². The molecule has 0 radical (unpaired) electrons. The Morgan fingerprint density at radius 3 is 2.05 bits per heavy atom. The Bertz CT molecular complexity index is 1390. The number of nitrogens with one attached hydrogen (secondary N) is 4. The van der Waals surface area contributed by atoms with Crippen LogP contribution in [0.1, 0.15) is 18.9 Å². The first-order valence-corrected chi connectivity index (χ1v) is 14.0. The lowest BCUT2D eigenvalue weighted by molar-refractivity contribution is -0.114. The monoisotopic (exact) mass is 561 g/mol. The third kappa shape index (κ3) is 8.26. The maximum atomic E-state index is 11.8. The summed E-state index contributed by atoms with van der Waals surface area (Å²) in [5.41, 5.74) is 3.21. The third-order valence-corrected chi connectivity index (χ3v) is 7.36. The first-order valence-electron chi connectivity index (χ1n) is 11.3. The molecule has 0 saturated heterocycles. The molecule has 1 aromatic heterocycles. The summed E-state index contributed by atoms with van der Waals surface area (Å²) >= 11 is 1.28. The standard InChI is InChI=1S/C24H27N5O7S2/c1-14(30)26-22-27-19(20(37-22)17-9-11-18(12-10-17)38(2,35)36)16-7-5-15(6-8-16)4-3-13-25-21(28-23(31)32)29-24(33)34/h5-12,21,25,28-29H,3-4,13H2,1-2H3,(H,31,32)(H,33,34)(H,26,27,30). The molecule has 12 nitrogen and oxygen atoms in total. The van der Waals surface area contributed by atoms with E-state index in [9.17, 15) is 22.8 Å². The molecular formula is C24H27N5O7S2. The van der Waals surface area contributed by atoms with Gasteiger partial charge in [-0.2, -0.15) is 0 Å². The van der Waals surface area contributed by atoms with E-state index in [1.807, 2.05) is 34.9 Å². The van der Waals surface area contributed by atoms with E-state index in [1.54, 1.807) is 12.1 Å². The highest BCUT2D eigenvalue weighted by Gasteiger charge is 2.17. The number of aromatic nitrogens is 1. The van der Waals surface area contributed by atoms with Gasteiger partial charge < -0.3 is 15.5 Å².